The number of halogens is 1. The Hall–Kier alpha value is -2.80. The van der Waals surface area contributed by atoms with Crippen molar-refractivity contribution in [1.29, 1.82) is 0 Å². The van der Waals surface area contributed by atoms with Crippen LogP contribution in [0.4, 0.5) is 0 Å². The molecule has 2 heterocycles. The van der Waals surface area contributed by atoms with Crippen molar-refractivity contribution in [3.05, 3.63) is 70.8 Å². The van der Waals surface area contributed by atoms with Crippen LogP contribution in [0.3, 0.4) is 0 Å². The predicted octanol–water partition coefficient (Wildman–Crippen LogP) is 3.22. The SMILES string of the molecule is CC(=O)CBr.CC(=O)CN1CCc2ccccc2C1=O.O=C1NCCc2ccccc21. The van der Waals surface area contributed by atoms with E-state index in [4.69, 9.17) is 0 Å². The van der Waals surface area contributed by atoms with Crippen LogP contribution < -0.4 is 5.32 Å². The standard InChI is InChI=1S/C12H13NO2.C9H9NO.C3H5BrO/c1-9(14)8-13-7-6-10-4-2-3-5-11(10)12(13)15;11-9-8-4-2-1-3-7(8)5-6-10-9;1-3(5)2-4/h2-5H,6-8H2,1H3;1-4H,5-6H2,(H,10,11);2H2,1H3. The first kappa shape index (κ1) is 24.5. The molecule has 0 aromatic heterocycles. The maximum atomic E-state index is 11.9. The maximum absolute atomic E-state index is 11.9. The molecule has 0 unspecified atom stereocenters. The number of rotatable bonds is 3. The van der Waals surface area contributed by atoms with E-state index in [2.05, 4.69) is 21.2 Å². The second-order valence-electron chi connectivity index (χ2n) is 7.33. The van der Waals surface area contributed by atoms with Crippen LogP contribution in [0.2, 0.25) is 0 Å². The minimum absolute atomic E-state index is 0.0212. The Balaban J connectivity index is 0.000000187. The second kappa shape index (κ2) is 12.2. The summed E-state index contributed by atoms with van der Waals surface area (Å²) in [6.45, 7) is 4.70. The molecule has 7 heteroatoms. The van der Waals surface area contributed by atoms with Gasteiger partial charge >= 0.3 is 0 Å². The summed E-state index contributed by atoms with van der Waals surface area (Å²) in [6, 6.07) is 15.3. The number of ketones is 2. The molecular formula is C24H27BrN2O4. The molecule has 0 bridgehead atoms. The number of nitrogens with zero attached hydrogens (tertiary/aromatic N) is 1. The predicted molar refractivity (Wildman–Crippen MR) is 124 cm³/mol. The minimum atomic E-state index is -0.0212. The maximum Gasteiger partial charge on any atom is 0.254 e. The summed E-state index contributed by atoms with van der Waals surface area (Å²) in [4.78, 5) is 45.5. The fourth-order valence-corrected chi connectivity index (χ4v) is 3.26. The zero-order valence-corrected chi connectivity index (χ0v) is 19.4. The number of amides is 2. The zero-order chi connectivity index (χ0) is 22.8. The first-order valence-corrected chi connectivity index (χ1v) is 11.2. The van der Waals surface area contributed by atoms with Crippen molar-refractivity contribution < 1.29 is 19.2 Å². The Morgan fingerprint density at radius 3 is 2.00 bits per heavy atom. The number of Topliss-reactive ketones (excluding diaryl/α,β-unsaturated/α-hetero) is 2. The van der Waals surface area contributed by atoms with E-state index in [-0.39, 0.29) is 29.9 Å². The van der Waals surface area contributed by atoms with Gasteiger partial charge < -0.3 is 10.2 Å². The van der Waals surface area contributed by atoms with E-state index in [1.807, 2.05) is 48.5 Å². The molecule has 2 aromatic rings. The largest absolute Gasteiger partial charge is 0.352 e. The lowest BCUT2D eigenvalue weighted by Gasteiger charge is -2.27. The molecule has 2 amide bonds. The lowest BCUT2D eigenvalue weighted by molar-refractivity contribution is -0.117. The highest BCUT2D eigenvalue weighted by atomic mass is 79.9. The number of benzene rings is 2. The third-order valence-corrected chi connectivity index (χ3v) is 5.52. The minimum Gasteiger partial charge on any atom is -0.352 e. The average Bonchev–Trinajstić information content (AvgIpc) is 2.77. The topological polar surface area (TPSA) is 83.6 Å². The van der Waals surface area contributed by atoms with Crippen LogP contribution in [0.25, 0.3) is 0 Å². The van der Waals surface area contributed by atoms with Gasteiger partial charge in [-0.2, -0.15) is 0 Å². The summed E-state index contributed by atoms with van der Waals surface area (Å²) >= 11 is 2.96. The van der Waals surface area contributed by atoms with E-state index >= 15 is 0 Å². The normalized spacial score (nSPS) is 14.0. The van der Waals surface area contributed by atoms with Gasteiger partial charge in [0, 0.05) is 24.2 Å². The molecule has 0 saturated carbocycles. The number of hydrogen-bond acceptors (Lipinski definition) is 4. The van der Waals surface area contributed by atoms with Crippen LogP contribution in [-0.2, 0) is 22.4 Å². The van der Waals surface area contributed by atoms with Gasteiger partial charge in [-0.25, -0.2) is 0 Å². The lowest BCUT2D eigenvalue weighted by atomic mass is 9.99. The zero-order valence-electron chi connectivity index (χ0n) is 17.8. The first-order valence-electron chi connectivity index (χ1n) is 10.1. The molecule has 0 saturated heterocycles. The Kier molecular flexibility index (Phi) is 9.59. The van der Waals surface area contributed by atoms with E-state index in [0.29, 0.717) is 11.9 Å². The molecule has 164 valence electrons. The Morgan fingerprint density at radius 2 is 1.45 bits per heavy atom. The molecule has 0 atom stereocenters. The van der Waals surface area contributed by atoms with Gasteiger partial charge in [-0.1, -0.05) is 52.3 Å². The third kappa shape index (κ3) is 7.43. The quantitative estimate of drug-likeness (QED) is 0.675. The number of carbonyl (C=O) groups is 4. The summed E-state index contributed by atoms with van der Waals surface area (Å²) in [7, 11) is 0. The van der Waals surface area contributed by atoms with Crippen molar-refractivity contribution in [2.45, 2.75) is 26.7 Å². The van der Waals surface area contributed by atoms with Crippen LogP contribution in [0.1, 0.15) is 45.7 Å². The molecule has 0 aliphatic carbocycles. The molecule has 6 nitrogen and oxygen atoms in total. The van der Waals surface area contributed by atoms with Crippen LogP contribution in [-0.4, -0.2) is 53.2 Å². The Labute approximate surface area is 191 Å². The molecule has 31 heavy (non-hydrogen) atoms. The van der Waals surface area contributed by atoms with Crippen LogP contribution in [0.15, 0.2) is 48.5 Å². The molecule has 2 aromatic carbocycles. The summed E-state index contributed by atoms with van der Waals surface area (Å²) in [5.74, 6) is 0.242. The second-order valence-corrected chi connectivity index (χ2v) is 7.90. The number of alkyl halides is 1. The molecular weight excluding hydrogens is 460 g/mol. The molecule has 4 rings (SSSR count). The fourth-order valence-electron chi connectivity index (χ4n) is 3.26. The van der Waals surface area contributed by atoms with Gasteiger partial charge in [-0.05, 0) is 49.9 Å². The van der Waals surface area contributed by atoms with Crippen molar-refractivity contribution in [2.24, 2.45) is 0 Å². The van der Waals surface area contributed by atoms with E-state index in [0.717, 1.165) is 41.6 Å². The number of nitrogens with one attached hydrogen (secondary N) is 1. The van der Waals surface area contributed by atoms with Gasteiger partial charge in [0.1, 0.15) is 11.6 Å². The molecule has 0 fully saturated rings. The van der Waals surface area contributed by atoms with Crippen molar-refractivity contribution in [3.8, 4) is 0 Å². The van der Waals surface area contributed by atoms with Gasteiger partial charge in [-0.15, -0.1) is 0 Å². The average molecular weight is 487 g/mol. The third-order valence-electron chi connectivity index (χ3n) is 4.73. The highest BCUT2D eigenvalue weighted by Gasteiger charge is 2.24. The van der Waals surface area contributed by atoms with E-state index in [1.165, 1.54) is 13.8 Å². The Bertz CT molecular complexity index is 958. The van der Waals surface area contributed by atoms with Gasteiger partial charge in [0.15, 0.2) is 0 Å². The molecule has 2 aliphatic heterocycles. The molecule has 0 radical (unpaired) electrons. The van der Waals surface area contributed by atoms with E-state index in [1.54, 1.807) is 4.90 Å². The fraction of sp³-hybridized carbons (Fsp3) is 0.333. The van der Waals surface area contributed by atoms with Crippen molar-refractivity contribution in [3.63, 3.8) is 0 Å². The number of hydrogen-bond donors (Lipinski definition) is 1. The van der Waals surface area contributed by atoms with Crippen molar-refractivity contribution >= 4 is 39.3 Å². The summed E-state index contributed by atoms with van der Waals surface area (Å²) < 4.78 is 0. The number of fused-ring (bicyclic) bond motifs is 2. The molecule has 2 aliphatic rings. The van der Waals surface area contributed by atoms with E-state index in [9.17, 15) is 19.2 Å². The lowest BCUT2D eigenvalue weighted by Crippen LogP contribution is -2.40. The van der Waals surface area contributed by atoms with Gasteiger partial charge in [0.2, 0.25) is 0 Å². The first-order chi connectivity index (χ1) is 14.8. The highest BCUT2D eigenvalue weighted by molar-refractivity contribution is 9.09. The summed E-state index contributed by atoms with van der Waals surface area (Å²) in [5, 5.41) is 3.28. The summed E-state index contributed by atoms with van der Waals surface area (Å²) in [6.07, 6.45) is 1.80. The van der Waals surface area contributed by atoms with Gasteiger partial charge in [0.05, 0.1) is 11.9 Å². The number of carbonyl (C=O) groups excluding carboxylic acids is 4. The van der Waals surface area contributed by atoms with Crippen LogP contribution >= 0.6 is 15.9 Å². The molecule has 1 N–H and O–H groups in total. The van der Waals surface area contributed by atoms with Gasteiger partial charge in [0.25, 0.3) is 11.8 Å². The van der Waals surface area contributed by atoms with Crippen LogP contribution in [0, 0.1) is 0 Å². The van der Waals surface area contributed by atoms with Crippen molar-refractivity contribution in [2.75, 3.05) is 25.0 Å². The smallest absolute Gasteiger partial charge is 0.254 e. The Morgan fingerprint density at radius 1 is 0.903 bits per heavy atom. The molecule has 0 spiro atoms. The van der Waals surface area contributed by atoms with Crippen LogP contribution in [0.5, 0.6) is 0 Å². The van der Waals surface area contributed by atoms with E-state index < -0.39 is 0 Å². The van der Waals surface area contributed by atoms with Gasteiger partial charge in [-0.3, -0.25) is 19.2 Å². The van der Waals surface area contributed by atoms with Crippen molar-refractivity contribution in [1.82, 2.24) is 10.2 Å². The summed E-state index contributed by atoms with van der Waals surface area (Å²) in [5.41, 5.74) is 3.82. The monoisotopic (exact) mass is 486 g/mol. The highest BCUT2D eigenvalue weighted by Crippen LogP contribution is 2.18.